The summed E-state index contributed by atoms with van der Waals surface area (Å²) in [4.78, 5) is 44.7. The molecule has 0 spiro atoms. The van der Waals surface area contributed by atoms with E-state index >= 15 is 0 Å². The molecule has 0 saturated heterocycles. The highest BCUT2D eigenvalue weighted by molar-refractivity contribution is 6.32. The van der Waals surface area contributed by atoms with Crippen molar-refractivity contribution in [1.82, 2.24) is 9.88 Å². The molecule has 1 aliphatic heterocycles. The van der Waals surface area contributed by atoms with Crippen molar-refractivity contribution in [2.75, 3.05) is 0 Å². The van der Waals surface area contributed by atoms with Crippen LogP contribution in [0.5, 0.6) is 0 Å². The van der Waals surface area contributed by atoms with Gasteiger partial charge in [-0.1, -0.05) is 48.4 Å². The lowest BCUT2D eigenvalue weighted by Crippen LogP contribution is -2.40. The Morgan fingerprint density at radius 2 is 1.84 bits per heavy atom. The highest BCUT2D eigenvalue weighted by Crippen LogP contribution is 2.27. The van der Waals surface area contributed by atoms with Crippen LogP contribution in [-0.4, -0.2) is 39.0 Å². The van der Waals surface area contributed by atoms with Crippen molar-refractivity contribution in [2.24, 2.45) is 4.99 Å². The van der Waals surface area contributed by atoms with Gasteiger partial charge in [0, 0.05) is 18.0 Å². The number of hydrogen-bond acceptors (Lipinski definition) is 6. The van der Waals surface area contributed by atoms with Gasteiger partial charge < -0.3 is 9.52 Å². The van der Waals surface area contributed by atoms with E-state index < -0.39 is 23.8 Å². The summed E-state index contributed by atoms with van der Waals surface area (Å²) in [6.45, 7) is 0. The summed E-state index contributed by atoms with van der Waals surface area (Å²) in [5.41, 5.74) is 1.72. The smallest absolute Gasteiger partial charge is 0.335 e. The number of amides is 2. The Hall–Kier alpha value is -4.51. The van der Waals surface area contributed by atoms with Gasteiger partial charge in [0.25, 0.3) is 11.8 Å². The highest BCUT2D eigenvalue weighted by Gasteiger charge is 2.35. The van der Waals surface area contributed by atoms with Gasteiger partial charge in [0.2, 0.25) is 11.9 Å². The topological polar surface area (TPSA) is 113 Å². The fourth-order valence-electron chi connectivity index (χ4n) is 2.91. The van der Waals surface area contributed by atoms with E-state index in [-0.39, 0.29) is 17.9 Å². The molecular formula is C23H15N3O5. The first-order valence-corrected chi connectivity index (χ1v) is 9.26. The van der Waals surface area contributed by atoms with Gasteiger partial charge in [-0.15, -0.1) is 0 Å². The average Bonchev–Trinajstić information content (AvgIpc) is 3.27. The van der Waals surface area contributed by atoms with Gasteiger partial charge in [0.05, 0.1) is 18.0 Å². The van der Waals surface area contributed by atoms with Gasteiger partial charge >= 0.3 is 5.97 Å². The molecule has 31 heavy (non-hydrogen) atoms. The molecule has 0 aliphatic carbocycles. The van der Waals surface area contributed by atoms with Crippen molar-refractivity contribution >= 4 is 24.0 Å². The predicted octanol–water partition coefficient (Wildman–Crippen LogP) is 2.72. The fourth-order valence-corrected chi connectivity index (χ4v) is 2.91. The number of carboxylic acid groups (broad SMARTS) is 1. The molecule has 1 atom stereocenters. The molecule has 2 aromatic carbocycles. The number of imide groups is 1. The number of aromatic carboxylic acids is 1. The lowest BCUT2D eigenvalue weighted by atomic mass is 10.1. The second-order valence-electron chi connectivity index (χ2n) is 6.59. The summed E-state index contributed by atoms with van der Waals surface area (Å²) >= 11 is 0. The van der Waals surface area contributed by atoms with Crippen LogP contribution >= 0.6 is 0 Å². The quantitative estimate of drug-likeness (QED) is 0.520. The molecule has 1 aromatic heterocycles. The fraction of sp³-hybridized carbons (Fsp3) is 0.0870. The predicted molar refractivity (Wildman–Crippen MR) is 110 cm³/mol. The minimum Gasteiger partial charge on any atom is -0.478 e. The van der Waals surface area contributed by atoms with E-state index in [1.54, 1.807) is 12.1 Å². The summed E-state index contributed by atoms with van der Waals surface area (Å²) in [5, 5.41) is 8.93. The first-order chi connectivity index (χ1) is 15.0. The third-order valence-electron chi connectivity index (χ3n) is 4.51. The molecule has 1 N–H and O–H groups in total. The summed E-state index contributed by atoms with van der Waals surface area (Å²) in [7, 11) is 0. The van der Waals surface area contributed by atoms with Crippen molar-refractivity contribution in [3.63, 3.8) is 0 Å². The minimum atomic E-state index is -1.10. The standard InChI is InChI=1S/C23H15N3O5/c27-19-14-24-20(21-25-13-18(31-21)16-6-2-1-3-7-16)22(28)26(19)12-4-5-15-8-10-17(11-9-15)23(29)30/h1-3,6-11,13-14,20H,5H2,(H,29,30). The Morgan fingerprint density at radius 3 is 2.55 bits per heavy atom. The van der Waals surface area contributed by atoms with E-state index in [1.807, 2.05) is 30.3 Å². The van der Waals surface area contributed by atoms with E-state index in [0.29, 0.717) is 5.76 Å². The van der Waals surface area contributed by atoms with E-state index in [1.165, 1.54) is 18.3 Å². The Bertz CT molecular complexity index is 1230. The van der Waals surface area contributed by atoms with Crippen molar-refractivity contribution in [2.45, 2.75) is 12.5 Å². The zero-order valence-electron chi connectivity index (χ0n) is 16.1. The highest BCUT2D eigenvalue weighted by atomic mass is 16.4. The van der Waals surface area contributed by atoms with Crippen molar-refractivity contribution < 1.29 is 23.9 Å². The molecule has 2 amide bonds. The van der Waals surface area contributed by atoms with Gasteiger partial charge in [-0.2, -0.15) is 4.90 Å². The monoisotopic (exact) mass is 413 g/mol. The van der Waals surface area contributed by atoms with E-state index in [2.05, 4.69) is 21.9 Å². The molecule has 0 bridgehead atoms. The van der Waals surface area contributed by atoms with Gasteiger partial charge in [0.15, 0.2) is 5.76 Å². The SMILES string of the molecule is O=C(O)c1ccc(CC#CN2C(=O)C=NC(c3ncc(-c4ccccc4)o3)C2=O)cc1. The van der Waals surface area contributed by atoms with E-state index in [4.69, 9.17) is 9.52 Å². The Kier molecular flexibility index (Phi) is 5.41. The molecule has 0 fully saturated rings. The van der Waals surface area contributed by atoms with Gasteiger partial charge in [-0.3, -0.25) is 14.6 Å². The number of oxazole rings is 1. The van der Waals surface area contributed by atoms with Crippen LogP contribution in [0.3, 0.4) is 0 Å². The van der Waals surface area contributed by atoms with Gasteiger partial charge in [0.1, 0.15) is 0 Å². The normalized spacial score (nSPS) is 15.5. The van der Waals surface area contributed by atoms with Crippen LogP contribution in [0.15, 0.2) is 70.2 Å². The summed E-state index contributed by atoms with van der Waals surface area (Å²) in [6.07, 6.45) is 2.76. The number of aliphatic imine (C=N–C) groups is 1. The van der Waals surface area contributed by atoms with Crippen molar-refractivity contribution in [3.8, 4) is 23.3 Å². The molecule has 0 saturated carbocycles. The van der Waals surface area contributed by atoms with Crippen LogP contribution in [0.2, 0.25) is 0 Å². The number of benzene rings is 2. The maximum Gasteiger partial charge on any atom is 0.335 e. The van der Waals surface area contributed by atoms with Gasteiger partial charge in [-0.05, 0) is 17.7 Å². The average molecular weight is 413 g/mol. The van der Waals surface area contributed by atoms with Crippen LogP contribution in [-0.2, 0) is 16.0 Å². The second kappa shape index (κ2) is 8.47. The van der Waals surface area contributed by atoms with Gasteiger partial charge in [-0.25, -0.2) is 9.78 Å². The molecule has 8 nitrogen and oxygen atoms in total. The second-order valence-corrected chi connectivity index (χ2v) is 6.59. The molecule has 152 valence electrons. The molecule has 3 aromatic rings. The molecule has 4 rings (SSSR count). The number of carbonyl (C=O) groups is 3. The van der Waals surface area contributed by atoms with E-state index in [0.717, 1.165) is 22.2 Å². The number of hydrogen-bond donors (Lipinski definition) is 1. The minimum absolute atomic E-state index is 0.0728. The maximum absolute atomic E-state index is 12.8. The molecule has 2 heterocycles. The van der Waals surface area contributed by atoms with E-state index in [9.17, 15) is 14.4 Å². The Balaban J connectivity index is 1.50. The number of carbonyl (C=O) groups excluding carboxylic acids is 2. The molecular weight excluding hydrogens is 398 g/mol. The number of aromatic nitrogens is 1. The lowest BCUT2D eigenvalue weighted by Gasteiger charge is -2.19. The van der Waals surface area contributed by atoms with Crippen LogP contribution in [0.1, 0.15) is 27.9 Å². The van der Waals surface area contributed by atoms with Crippen LogP contribution in [0.4, 0.5) is 0 Å². The molecule has 8 heteroatoms. The van der Waals surface area contributed by atoms with Crippen molar-refractivity contribution in [3.05, 3.63) is 77.8 Å². The third kappa shape index (κ3) is 4.26. The van der Waals surface area contributed by atoms with Crippen molar-refractivity contribution in [1.29, 1.82) is 0 Å². The lowest BCUT2D eigenvalue weighted by molar-refractivity contribution is -0.139. The summed E-state index contributed by atoms with van der Waals surface area (Å²) in [6, 6.07) is 16.9. The number of carboxylic acids is 1. The molecule has 1 aliphatic rings. The van der Waals surface area contributed by atoms with Crippen LogP contribution in [0.25, 0.3) is 11.3 Å². The number of rotatable bonds is 4. The van der Waals surface area contributed by atoms with Crippen LogP contribution < -0.4 is 0 Å². The zero-order chi connectivity index (χ0) is 21.8. The Morgan fingerprint density at radius 1 is 1.10 bits per heavy atom. The summed E-state index contributed by atoms with van der Waals surface area (Å²) < 4.78 is 5.69. The molecule has 0 radical (unpaired) electrons. The number of nitrogens with zero attached hydrogens (tertiary/aromatic N) is 3. The Labute approximate surface area is 176 Å². The van der Waals surface area contributed by atoms with Crippen LogP contribution in [0, 0.1) is 12.0 Å². The zero-order valence-corrected chi connectivity index (χ0v) is 16.1. The summed E-state index contributed by atoms with van der Waals surface area (Å²) in [5.74, 6) is 0.998. The first-order valence-electron chi connectivity index (χ1n) is 9.26. The maximum atomic E-state index is 12.8. The third-order valence-corrected chi connectivity index (χ3v) is 4.51. The largest absolute Gasteiger partial charge is 0.478 e. The molecule has 1 unspecified atom stereocenters. The first kappa shape index (κ1) is 19.8.